The molecule has 1 aliphatic rings. The fraction of sp³-hybridized carbons (Fsp3) is 0.588. The molecule has 1 aliphatic carbocycles. The number of imidazole rings is 1. The zero-order valence-electron chi connectivity index (χ0n) is 15.8. The number of nitrogens with zero attached hydrogens (tertiary/aromatic N) is 4. The fourth-order valence-corrected chi connectivity index (χ4v) is 3.57. The van der Waals surface area contributed by atoms with Crippen LogP contribution in [-0.2, 0) is 10.4 Å². The lowest BCUT2D eigenvalue weighted by molar-refractivity contribution is 0.175. The van der Waals surface area contributed by atoms with Crippen LogP contribution in [0.5, 0.6) is 0 Å². The molecule has 0 aliphatic heterocycles. The highest BCUT2D eigenvalue weighted by Gasteiger charge is 2.27. The van der Waals surface area contributed by atoms with Crippen LogP contribution in [0.25, 0.3) is 11.0 Å². The van der Waals surface area contributed by atoms with Crippen molar-refractivity contribution >= 4 is 27.3 Å². The maximum Gasteiger partial charge on any atom is 0.394 e. The molecule has 0 radical (unpaired) electrons. The lowest BCUT2D eigenvalue weighted by Gasteiger charge is -2.30. The highest BCUT2D eigenvalue weighted by molar-refractivity contribution is 7.79. The summed E-state index contributed by atoms with van der Waals surface area (Å²) >= 11 is 0. The molecule has 1 saturated carbocycles. The van der Waals surface area contributed by atoms with Crippen LogP contribution in [-0.4, -0.2) is 44.2 Å². The molecule has 28 heavy (non-hydrogen) atoms. The Morgan fingerprint density at radius 3 is 2.46 bits per heavy atom. The van der Waals surface area contributed by atoms with Gasteiger partial charge in [-0.05, 0) is 38.5 Å². The van der Waals surface area contributed by atoms with Crippen molar-refractivity contribution in [3.63, 3.8) is 0 Å². The van der Waals surface area contributed by atoms with Gasteiger partial charge in [-0.3, -0.25) is 9.11 Å². The summed E-state index contributed by atoms with van der Waals surface area (Å²) in [6.45, 7) is 1.76. The van der Waals surface area contributed by atoms with Gasteiger partial charge >= 0.3 is 10.4 Å². The van der Waals surface area contributed by atoms with Crippen molar-refractivity contribution in [3.05, 3.63) is 18.1 Å². The van der Waals surface area contributed by atoms with Crippen LogP contribution in [0, 0.1) is 17.2 Å². The normalized spacial score (nSPS) is 20.7. The number of anilines is 1. The van der Waals surface area contributed by atoms with Crippen molar-refractivity contribution in [1.82, 2.24) is 14.5 Å². The van der Waals surface area contributed by atoms with Gasteiger partial charge in [0.1, 0.15) is 23.3 Å². The number of rotatable bonds is 4. The quantitative estimate of drug-likeness (QED) is 0.554. The number of pyridine rings is 1. The summed E-state index contributed by atoms with van der Waals surface area (Å²) in [7, 11) is -2.82. The van der Waals surface area contributed by atoms with E-state index in [9.17, 15) is 5.11 Å². The Hall–Kier alpha value is -2.26. The third-order valence-corrected chi connectivity index (χ3v) is 4.79. The maximum absolute atomic E-state index is 10.1. The molecular formula is C17H25N5O5S. The van der Waals surface area contributed by atoms with E-state index in [0.29, 0.717) is 24.2 Å². The summed E-state index contributed by atoms with van der Waals surface area (Å²) in [6.07, 6.45) is 5.95. The van der Waals surface area contributed by atoms with Crippen LogP contribution < -0.4 is 5.32 Å². The van der Waals surface area contributed by atoms with Gasteiger partial charge in [-0.1, -0.05) is 0 Å². The van der Waals surface area contributed by atoms with Crippen LogP contribution in [0.15, 0.2) is 12.3 Å². The smallest absolute Gasteiger partial charge is 0.385 e. The van der Waals surface area contributed by atoms with Crippen molar-refractivity contribution in [2.75, 3.05) is 12.4 Å². The Morgan fingerprint density at radius 1 is 1.36 bits per heavy atom. The van der Waals surface area contributed by atoms with Gasteiger partial charge in [0, 0.05) is 25.6 Å². The first-order valence-electron chi connectivity index (χ1n) is 8.94. The zero-order chi connectivity index (χ0) is 20.9. The molecule has 1 unspecified atom stereocenters. The molecule has 2 aromatic rings. The Labute approximate surface area is 163 Å². The first-order valence-corrected chi connectivity index (χ1v) is 10.3. The van der Waals surface area contributed by atoms with Gasteiger partial charge in [0.05, 0.1) is 17.8 Å². The Bertz CT molecular complexity index is 935. The Morgan fingerprint density at radius 2 is 1.96 bits per heavy atom. The van der Waals surface area contributed by atoms with Gasteiger partial charge < -0.3 is 15.0 Å². The molecular weight excluding hydrogens is 386 g/mol. The van der Waals surface area contributed by atoms with Gasteiger partial charge in [0.25, 0.3) is 0 Å². The first-order chi connectivity index (χ1) is 13.1. The molecule has 154 valence electrons. The number of aliphatic hydroxyl groups is 1. The van der Waals surface area contributed by atoms with Gasteiger partial charge in [0.2, 0.25) is 0 Å². The van der Waals surface area contributed by atoms with Gasteiger partial charge in [-0.2, -0.15) is 13.7 Å². The third-order valence-electron chi connectivity index (χ3n) is 4.79. The molecule has 0 spiro atoms. The van der Waals surface area contributed by atoms with Crippen LogP contribution in [0.3, 0.4) is 0 Å². The highest BCUT2D eigenvalue weighted by atomic mass is 32.3. The molecule has 4 N–H and O–H groups in total. The van der Waals surface area contributed by atoms with Crippen molar-refractivity contribution < 1.29 is 22.6 Å². The number of fused-ring (bicyclic) bond motifs is 1. The summed E-state index contributed by atoms with van der Waals surface area (Å²) in [4.78, 5) is 8.90. The minimum absolute atomic E-state index is 0.326. The van der Waals surface area contributed by atoms with Gasteiger partial charge in [0.15, 0.2) is 0 Å². The van der Waals surface area contributed by atoms with E-state index in [2.05, 4.69) is 25.9 Å². The second kappa shape index (κ2) is 9.29. The molecule has 0 amide bonds. The van der Waals surface area contributed by atoms with Gasteiger partial charge in [-0.15, -0.1) is 0 Å². The number of hydrogen-bond donors (Lipinski definition) is 4. The van der Waals surface area contributed by atoms with Crippen LogP contribution in [0.4, 0.5) is 5.82 Å². The second-order valence-electron chi connectivity index (χ2n) is 6.81. The summed E-state index contributed by atoms with van der Waals surface area (Å²) in [5.41, 5.74) is 1.84. The molecule has 0 bridgehead atoms. The monoisotopic (exact) mass is 411 g/mol. The van der Waals surface area contributed by atoms with E-state index in [4.69, 9.17) is 22.8 Å². The average Bonchev–Trinajstić information content (AvgIpc) is 3.00. The molecule has 1 fully saturated rings. The van der Waals surface area contributed by atoms with Crippen molar-refractivity contribution in [3.8, 4) is 6.07 Å². The standard InChI is InChI=1S/C17H23N5O.H2O4S/c1-11(23)17-21-14-10-20-16(19-2)9-15(14)22(17)13-5-3-12(4-6-13)7-8-18;1-5(2,3)4/h9-13,23H,3-7H2,1-2H3,(H,19,20);(H2,1,2,3,4)/t11?,12-,13-;. The topological polar surface area (TPSA) is 161 Å². The molecule has 11 heteroatoms. The fourth-order valence-electron chi connectivity index (χ4n) is 3.57. The van der Waals surface area contributed by atoms with E-state index in [1.165, 1.54) is 0 Å². The summed E-state index contributed by atoms with van der Waals surface area (Å²) in [5.74, 6) is 2.02. The minimum atomic E-state index is -4.67. The van der Waals surface area contributed by atoms with E-state index in [1.807, 2.05) is 13.1 Å². The number of hydrogen-bond acceptors (Lipinski definition) is 7. The predicted molar refractivity (Wildman–Crippen MR) is 103 cm³/mol. The number of aliphatic hydroxyl groups excluding tert-OH is 1. The molecule has 2 aromatic heterocycles. The lowest BCUT2D eigenvalue weighted by atomic mass is 9.84. The second-order valence-corrected chi connectivity index (χ2v) is 7.70. The first kappa shape index (κ1) is 22.0. The van der Waals surface area contributed by atoms with Crippen molar-refractivity contribution in [2.24, 2.45) is 5.92 Å². The molecule has 2 heterocycles. The van der Waals surface area contributed by atoms with E-state index in [-0.39, 0.29) is 0 Å². The summed E-state index contributed by atoms with van der Waals surface area (Å²) in [5, 5.41) is 22.1. The SMILES string of the molecule is CNc1cc2c(cn1)nc(C(C)O)n2[C@H]1CC[C@H](CC#N)CC1.O=S(=O)(O)O. The van der Waals surface area contributed by atoms with Crippen LogP contribution in [0.1, 0.15) is 57.0 Å². The zero-order valence-corrected chi connectivity index (χ0v) is 16.6. The third kappa shape index (κ3) is 5.87. The lowest BCUT2D eigenvalue weighted by Crippen LogP contribution is -2.20. The molecule has 3 rings (SSSR count). The van der Waals surface area contributed by atoms with Crippen molar-refractivity contribution in [2.45, 2.75) is 51.2 Å². The minimum Gasteiger partial charge on any atom is -0.385 e. The van der Waals surface area contributed by atoms with E-state index in [0.717, 1.165) is 42.5 Å². The molecule has 0 aromatic carbocycles. The van der Waals surface area contributed by atoms with E-state index in [1.54, 1.807) is 13.1 Å². The molecule has 0 saturated heterocycles. The number of nitriles is 1. The predicted octanol–water partition coefficient (Wildman–Crippen LogP) is 2.52. The van der Waals surface area contributed by atoms with Gasteiger partial charge in [-0.25, -0.2) is 9.97 Å². The maximum atomic E-state index is 10.1. The largest absolute Gasteiger partial charge is 0.394 e. The Balaban J connectivity index is 0.000000500. The van der Waals surface area contributed by atoms with E-state index >= 15 is 0 Å². The van der Waals surface area contributed by atoms with E-state index < -0.39 is 16.5 Å². The van der Waals surface area contributed by atoms with Crippen LogP contribution >= 0.6 is 0 Å². The average molecular weight is 411 g/mol. The number of aromatic nitrogens is 3. The molecule has 10 nitrogen and oxygen atoms in total. The number of nitrogens with one attached hydrogen (secondary N) is 1. The highest BCUT2D eigenvalue weighted by Crippen LogP contribution is 2.37. The summed E-state index contributed by atoms with van der Waals surface area (Å²) in [6, 6.07) is 4.61. The Kier molecular flexibility index (Phi) is 7.31. The van der Waals surface area contributed by atoms with Crippen LogP contribution in [0.2, 0.25) is 0 Å². The summed E-state index contributed by atoms with van der Waals surface area (Å²) < 4.78 is 33.8. The molecule has 1 atom stereocenters. The van der Waals surface area contributed by atoms with Crippen molar-refractivity contribution in [1.29, 1.82) is 5.26 Å².